The smallest absolute Gasteiger partial charge is 0.211 e. The summed E-state index contributed by atoms with van der Waals surface area (Å²) in [5.74, 6) is -5.41. The number of carbonyl (C=O) groups excluding carboxylic acids is 2. The van der Waals surface area contributed by atoms with Crippen molar-refractivity contribution in [1.82, 2.24) is 0 Å². The van der Waals surface area contributed by atoms with Crippen molar-refractivity contribution in [3.63, 3.8) is 0 Å². The minimum atomic E-state index is -1.84. The number of benzene rings is 4. The van der Waals surface area contributed by atoms with Gasteiger partial charge in [0.2, 0.25) is 5.78 Å². The van der Waals surface area contributed by atoms with Gasteiger partial charge < -0.3 is 45.2 Å². The molecule has 0 spiro atoms. The number of fused-ring (bicyclic) bond motifs is 4. The van der Waals surface area contributed by atoms with Crippen LogP contribution < -0.4 is 9.47 Å². The van der Waals surface area contributed by atoms with E-state index in [9.17, 15) is 40.5 Å². The third kappa shape index (κ3) is 4.91. The van der Waals surface area contributed by atoms with E-state index >= 15 is 4.79 Å². The van der Waals surface area contributed by atoms with E-state index in [1.54, 1.807) is 19.1 Å². The molecule has 0 amide bonds. The topological polar surface area (TPSA) is 194 Å². The Morgan fingerprint density at radius 3 is 2.10 bits per heavy atom. The zero-order chi connectivity index (χ0) is 34.9. The summed E-state index contributed by atoms with van der Waals surface area (Å²) in [7, 11) is 0. The van der Waals surface area contributed by atoms with Crippen molar-refractivity contribution in [3.8, 4) is 46.0 Å². The first-order valence-electron chi connectivity index (χ1n) is 15.9. The molecule has 1 aliphatic carbocycles. The average Bonchev–Trinajstić information content (AvgIpc) is 3.15. The largest absolute Gasteiger partial charge is 0.508 e. The Balaban J connectivity index is 1.43. The van der Waals surface area contributed by atoms with Crippen LogP contribution >= 0.6 is 0 Å². The number of phenolic OH excluding ortho intramolecular Hbond substituents is 6. The minimum absolute atomic E-state index is 0.0183. The monoisotopic (exact) mass is 666 g/mol. The maximum Gasteiger partial charge on any atom is 0.211 e. The molecule has 49 heavy (non-hydrogen) atoms. The predicted molar refractivity (Wildman–Crippen MR) is 174 cm³/mol. The Kier molecular flexibility index (Phi) is 7.48. The van der Waals surface area contributed by atoms with Crippen molar-refractivity contribution in [3.05, 3.63) is 106 Å². The van der Waals surface area contributed by atoms with E-state index in [4.69, 9.17) is 9.47 Å². The molecule has 2 aliphatic heterocycles. The molecule has 3 aliphatic rings. The number of phenols is 6. The predicted octanol–water partition coefficient (Wildman–Crippen LogP) is 5.76. The lowest BCUT2D eigenvalue weighted by atomic mass is 9.63. The Morgan fingerprint density at radius 1 is 0.776 bits per heavy atom. The van der Waals surface area contributed by atoms with Crippen molar-refractivity contribution < 1.29 is 54.8 Å². The summed E-state index contributed by atoms with van der Waals surface area (Å²) in [6.07, 6.45) is -0.971. The van der Waals surface area contributed by atoms with Gasteiger partial charge in [-0.25, -0.2) is 0 Å². The second-order valence-electron chi connectivity index (χ2n) is 12.9. The number of ether oxygens (including phenoxy) is 2. The molecule has 7 N–H and O–H groups in total. The van der Waals surface area contributed by atoms with Crippen LogP contribution in [0.4, 0.5) is 0 Å². The van der Waals surface area contributed by atoms with Gasteiger partial charge in [-0.15, -0.1) is 0 Å². The van der Waals surface area contributed by atoms with E-state index in [1.807, 2.05) is 6.92 Å². The fraction of sp³-hybridized carbons (Fsp3) is 0.263. The molecule has 6 atom stereocenters. The van der Waals surface area contributed by atoms with E-state index < -0.39 is 52.9 Å². The zero-order valence-electron chi connectivity index (χ0n) is 26.5. The van der Waals surface area contributed by atoms with Gasteiger partial charge in [0, 0.05) is 58.2 Å². The number of Topliss-reactive ketones (excluding diaryl/α,β-unsaturated/α-hetero) is 2. The zero-order valence-corrected chi connectivity index (χ0v) is 26.5. The van der Waals surface area contributed by atoms with E-state index in [1.165, 1.54) is 54.6 Å². The first-order valence-corrected chi connectivity index (χ1v) is 15.9. The highest BCUT2D eigenvalue weighted by Gasteiger charge is 2.55. The summed E-state index contributed by atoms with van der Waals surface area (Å²) >= 11 is 0. The number of rotatable bonds is 4. The summed E-state index contributed by atoms with van der Waals surface area (Å²) in [4.78, 5) is 28.6. The molecule has 11 nitrogen and oxygen atoms in total. The highest BCUT2D eigenvalue weighted by atomic mass is 16.5. The number of allylic oxidation sites excluding steroid dienone is 2. The summed E-state index contributed by atoms with van der Waals surface area (Å²) in [5.41, 5.74) is -0.330. The molecule has 252 valence electrons. The van der Waals surface area contributed by atoms with Crippen LogP contribution in [0.5, 0.6) is 46.0 Å². The van der Waals surface area contributed by atoms with Gasteiger partial charge in [-0.05, 0) is 67.8 Å². The van der Waals surface area contributed by atoms with Crippen LogP contribution in [-0.4, -0.2) is 47.3 Å². The number of hydrogen-bond acceptors (Lipinski definition) is 11. The van der Waals surface area contributed by atoms with Crippen LogP contribution in [0.1, 0.15) is 78.6 Å². The lowest BCUT2D eigenvalue weighted by Crippen LogP contribution is -2.46. The maximum atomic E-state index is 15.2. The van der Waals surface area contributed by atoms with Crippen LogP contribution in [0.3, 0.4) is 0 Å². The fourth-order valence-corrected chi connectivity index (χ4v) is 7.73. The lowest BCUT2D eigenvalue weighted by molar-refractivity contribution is -0.140. The molecule has 7 rings (SSSR count). The van der Waals surface area contributed by atoms with Crippen molar-refractivity contribution >= 4 is 11.6 Å². The van der Waals surface area contributed by atoms with E-state index in [0.717, 1.165) is 11.6 Å². The van der Waals surface area contributed by atoms with Crippen molar-refractivity contribution in [2.75, 3.05) is 0 Å². The van der Waals surface area contributed by atoms with Gasteiger partial charge >= 0.3 is 0 Å². The molecule has 0 saturated heterocycles. The van der Waals surface area contributed by atoms with E-state index in [-0.39, 0.29) is 68.9 Å². The first-order chi connectivity index (χ1) is 23.3. The average molecular weight is 667 g/mol. The molecular formula is C38H34O11. The van der Waals surface area contributed by atoms with Gasteiger partial charge in [-0.2, -0.15) is 0 Å². The quantitative estimate of drug-likeness (QED) is 0.131. The molecule has 0 radical (unpaired) electrons. The molecule has 0 fully saturated rings. The van der Waals surface area contributed by atoms with Gasteiger partial charge in [0.15, 0.2) is 17.5 Å². The fourth-order valence-electron chi connectivity index (χ4n) is 7.73. The number of carbonyl (C=O) groups is 2. The number of aliphatic hydroxyl groups is 1. The summed E-state index contributed by atoms with van der Waals surface area (Å²) in [5, 5.41) is 75.8. The SMILES string of the molecule is CCC1(c2ccc(O)cc2O)Oc2cc(O)ccc2C2CC(C)=CC(c3c(O)ccc(C4Oc5cc(O)ccc5C(O)C4=O)c3O)C2C1=O. The molecule has 11 heteroatoms. The molecule has 0 saturated carbocycles. The minimum Gasteiger partial charge on any atom is -0.508 e. The molecule has 4 aromatic carbocycles. The molecule has 6 unspecified atom stereocenters. The summed E-state index contributed by atoms with van der Waals surface area (Å²) in [6.45, 7) is 3.55. The number of aromatic hydroxyl groups is 6. The molecule has 4 aromatic rings. The standard InChI is InChI=1S/C38H34O11/c1-3-38(26-10-6-18(39)14-28(26)43)37(47)31-24(21-7-4-20(41)16-30(21)49-38)12-17(2)13-25(31)32-27(42)11-9-23(33(32)44)36-35(46)34(45)22-8-5-19(40)15-29(22)48-36/h4-11,13-16,24-25,31,34,36,39-45H,3,12H2,1-2H3. The highest BCUT2D eigenvalue weighted by molar-refractivity contribution is 5.95. The normalized spacial score (nSPS) is 25.9. The lowest BCUT2D eigenvalue weighted by Gasteiger charge is -2.39. The van der Waals surface area contributed by atoms with E-state index in [0.29, 0.717) is 12.0 Å². The third-order valence-electron chi connectivity index (χ3n) is 10.0. The number of ketones is 2. The first kappa shape index (κ1) is 31.9. The molecule has 2 heterocycles. The second kappa shape index (κ2) is 11.5. The Labute approximate surface area is 280 Å². The van der Waals surface area contributed by atoms with Crippen LogP contribution in [0.2, 0.25) is 0 Å². The van der Waals surface area contributed by atoms with Gasteiger partial charge in [0.05, 0.1) is 0 Å². The Hall–Kier alpha value is -5.68. The van der Waals surface area contributed by atoms with Crippen LogP contribution in [0.15, 0.2) is 78.4 Å². The Morgan fingerprint density at radius 2 is 1.41 bits per heavy atom. The Bertz CT molecular complexity index is 2070. The highest BCUT2D eigenvalue weighted by Crippen LogP contribution is 2.58. The maximum absolute atomic E-state index is 15.2. The van der Waals surface area contributed by atoms with Crippen LogP contribution in [0.25, 0.3) is 0 Å². The van der Waals surface area contributed by atoms with Crippen LogP contribution in [-0.2, 0) is 15.2 Å². The molecular weight excluding hydrogens is 632 g/mol. The van der Waals surface area contributed by atoms with Gasteiger partial charge in [-0.3, -0.25) is 9.59 Å². The van der Waals surface area contributed by atoms with Gasteiger partial charge in [-0.1, -0.05) is 24.6 Å². The van der Waals surface area contributed by atoms with Crippen molar-refractivity contribution in [1.29, 1.82) is 0 Å². The molecule has 0 aromatic heterocycles. The van der Waals surface area contributed by atoms with Gasteiger partial charge in [0.25, 0.3) is 0 Å². The summed E-state index contributed by atoms with van der Waals surface area (Å²) < 4.78 is 12.5. The van der Waals surface area contributed by atoms with E-state index in [2.05, 4.69) is 0 Å². The van der Waals surface area contributed by atoms with Gasteiger partial charge in [0.1, 0.15) is 52.1 Å². The summed E-state index contributed by atoms with van der Waals surface area (Å²) in [6, 6.07) is 14.9. The van der Waals surface area contributed by atoms with Crippen molar-refractivity contribution in [2.24, 2.45) is 5.92 Å². The number of hydrogen-bond donors (Lipinski definition) is 7. The second-order valence-corrected chi connectivity index (χ2v) is 12.9. The third-order valence-corrected chi connectivity index (χ3v) is 10.0. The molecule has 0 bridgehead atoms. The van der Waals surface area contributed by atoms with Crippen molar-refractivity contribution in [2.45, 2.75) is 56.3 Å². The van der Waals surface area contributed by atoms with Crippen LogP contribution in [0, 0.1) is 5.92 Å². The number of aliphatic hydroxyl groups excluding tert-OH is 1.